The summed E-state index contributed by atoms with van der Waals surface area (Å²) < 4.78 is 33.0. The van der Waals surface area contributed by atoms with Crippen molar-refractivity contribution in [2.75, 3.05) is 26.4 Å². The fraction of sp³-hybridized carbons (Fsp3) is 0.934. The number of esters is 2. The summed E-state index contributed by atoms with van der Waals surface area (Å²) in [6.07, 6.45) is 67.5. The molecule has 0 saturated carbocycles. The third kappa shape index (κ3) is 57.9. The Balaban J connectivity index is 3.70. The molecule has 0 aliphatic rings. The van der Waals surface area contributed by atoms with Gasteiger partial charge in [0, 0.05) is 19.4 Å². The molecule has 0 radical (unpaired) electrons. The molecule has 10 heteroatoms. The molecule has 2 unspecified atom stereocenters. The van der Waals surface area contributed by atoms with Crippen LogP contribution < -0.4 is 5.73 Å². The van der Waals surface area contributed by atoms with Gasteiger partial charge in [-0.1, -0.05) is 296 Å². The molecule has 0 saturated heterocycles. The molecule has 0 fully saturated rings. The average molecular weight is 1030 g/mol. The molecule has 0 heterocycles. The summed E-state index contributed by atoms with van der Waals surface area (Å²) in [4.78, 5) is 35.1. The number of rotatable bonds is 60. The van der Waals surface area contributed by atoms with E-state index in [1.54, 1.807) is 0 Å². The first-order chi connectivity index (χ1) is 34.8. The zero-order chi connectivity index (χ0) is 51.7. The van der Waals surface area contributed by atoms with Crippen LogP contribution in [-0.4, -0.2) is 49.3 Å². The highest BCUT2D eigenvalue weighted by atomic mass is 31.2. The van der Waals surface area contributed by atoms with Gasteiger partial charge in [0.2, 0.25) is 0 Å². The number of hydrogen-bond donors (Lipinski definition) is 2. The Bertz CT molecular complexity index is 1170. The van der Waals surface area contributed by atoms with Gasteiger partial charge in [-0.2, -0.15) is 0 Å². The van der Waals surface area contributed by atoms with E-state index in [0.29, 0.717) is 6.42 Å². The molecule has 0 aromatic heterocycles. The van der Waals surface area contributed by atoms with Crippen LogP contribution in [0.4, 0.5) is 0 Å². The van der Waals surface area contributed by atoms with Crippen LogP contribution in [0.2, 0.25) is 0 Å². The Morgan fingerprint density at radius 3 is 1.01 bits per heavy atom. The molecule has 0 aromatic rings. The largest absolute Gasteiger partial charge is 0.472 e. The van der Waals surface area contributed by atoms with Gasteiger partial charge in [-0.15, -0.1) is 0 Å². The van der Waals surface area contributed by atoms with E-state index < -0.39 is 26.5 Å². The fourth-order valence-electron chi connectivity index (χ4n) is 9.52. The second-order valence-corrected chi connectivity index (χ2v) is 22.7. The van der Waals surface area contributed by atoms with Crippen LogP contribution in [0.5, 0.6) is 0 Å². The summed E-state index contributed by atoms with van der Waals surface area (Å²) in [5, 5.41) is 0. The van der Waals surface area contributed by atoms with Crippen molar-refractivity contribution in [3.05, 3.63) is 12.2 Å². The number of phosphoric acid groups is 1. The van der Waals surface area contributed by atoms with Crippen LogP contribution in [0.15, 0.2) is 12.2 Å². The number of carbonyl (C=O) groups is 2. The van der Waals surface area contributed by atoms with Gasteiger partial charge in [-0.3, -0.25) is 18.6 Å². The maximum atomic E-state index is 12.6. The zero-order valence-corrected chi connectivity index (χ0v) is 48.1. The summed E-state index contributed by atoms with van der Waals surface area (Å²) in [5.74, 6) is -0.821. The average Bonchev–Trinajstić information content (AvgIpc) is 3.36. The fourth-order valence-corrected chi connectivity index (χ4v) is 10.3. The highest BCUT2D eigenvalue weighted by Gasteiger charge is 2.26. The lowest BCUT2D eigenvalue weighted by Crippen LogP contribution is -2.29. The van der Waals surface area contributed by atoms with Crippen LogP contribution >= 0.6 is 7.82 Å². The summed E-state index contributed by atoms with van der Waals surface area (Å²) >= 11 is 0. The Hall–Kier alpha value is -1.25. The summed E-state index contributed by atoms with van der Waals surface area (Å²) in [5.41, 5.74) is 5.37. The molecule has 2 atom stereocenters. The summed E-state index contributed by atoms with van der Waals surface area (Å²) in [7, 11) is -4.38. The number of hydrogen-bond acceptors (Lipinski definition) is 8. The minimum Gasteiger partial charge on any atom is -0.462 e. The van der Waals surface area contributed by atoms with Gasteiger partial charge < -0.3 is 20.1 Å². The lowest BCUT2D eigenvalue weighted by atomic mass is 10.0. The topological polar surface area (TPSA) is 134 Å². The number of unbranched alkanes of at least 4 members (excludes halogenated alkanes) is 45. The summed E-state index contributed by atoms with van der Waals surface area (Å²) in [6, 6.07) is 0. The molecule has 0 rings (SSSR count). The number of ether oxygens (including phenoxy) is 2. The van der Waals surface area contributed by atoms with E-state index in [4.69, 9.17) is 24.3 Å². The van der Waals surface area contributed by atoms with E-state index in [0.717, 1.165) is 51.4 Å². The van der Waals surface area contributed by atoms with Crippen molar-refractivity contribution in [1.29, 1.82) is 0 Å². The lowest BCUT2D eigenvalue weighted by molar-refractivity contribution is -0.161. The first-order valence-corrected chi connectivity index (χ1v) is 32.7. The molecule has 422 valence electrons. The van der Waals surface area contributed by atoms with Crippen molar-refractivity contribution in [2.45, 2.75) is 341 Å². The van der Waals surface area contributed by atoms with Crippen molar-refractivity contribution in [3.63, 3.8) is 0 Å². The predicted molar refractivity (Wildman–Crippen MR) is 303 cm³/mol. The molecule has 0 aliphatic heterocycles. The quantitative estimate of drug-likeness (QED) is 0.0264. The minimum absolute atomic E-state index is 0.0551. The number of nitrogens with two attached hydrogens (primary N) is 1. The molecular formula is C61H120NO8P. The molecule has 3 N–H and O–H groups in total. The van der Waals surface area contributed by atoms with Crippen LogP contribution in [0.25, 0.3) is 0 Å². The second kappa shape index (κ2) is 58.0. The normalized spacial score (nSPS) is 13.0. The minimum atomic E-state index is -4.38. The van der Waals surface area contributed by atoms with E-state index in [2.05, 4.69) is 26.0 Å². The number of carbonyl (C=O) groups excluding carboxylic acids is 2. The Morgan fingerprint density at radius 2 is 0.690 bits per heavy atom. The third-order valence-corrected chi connectivity index (χ3v) is 15.1. The van der Waals surface area contributed by atoms with E-state index in [9.17, 15) is 19.0 Å². The molecule has 71 heavy (non-hydrogen) atoms. The van der Waals surface area contributed by atoms with Gasteiger partial charge >= 0.3 is 19.8 Å². The van der Waals surface area contributed by atoms with Gasteiger partial charge in [0.1, 0.15) is 6.61 Å². The Morgan fingerprint density at radius 1 is 0.408 bits per heavy atom. The molecular weight excluding hydrogens is 906 g/mol. The van der Waals surface area contributed by atoms with Gasteiger partial charge in [0.25, 0.3) is 0 Å². The standard InChI is InChI=1S/C61H120NO8P/c1-3-5-7-9-11-13-15-17-18-19-20-21-22-23-24-25-26-27-28-29-30-31-32-33-34-35-36-37-38-39-40-42-43-45-47-49-51-53-60(63)67-57-59(58-69-71(65,66)68-56-55-62)70-61(64)54-52-50-48-46-44-41-16-14-12-10-8-6-4-2/h14,16,59H,3-13,15,17-58,62H2,1-2H3,(H,65,66)/b16-14-. The first kappa shape index (κ1) is 69.8. The van der Waals surface area contributed by atoms with Crippen LogP contribution in [0.1, 0.15) is 335 Å². The summed E-state index contributed by atoms with van der Waals surface area (Å²) in [6.45, 7) is 3.77. The van der Waals surface area contributed by atoms with E-state index in [-0.39, 0.29) is 38.6 Å². The van der Waals surface area contributed by atoms with Gasteiger partial charge in [0.05, 0.1) is 13.2 Å². The van der Waals surface area contributed by atoms with Crippen LogP contribution in [0, 0.1) is 0 Å². The molecule has 0 spiro atoms. The van der Waals surface area contributed by atoms with Crippen molar-refractivity contribution < 1.29 is 37.6 Å². The Kier molecular flexibility index (Phi) is 57.0. The van der Waals surface area contributed by atoms with Crippen LogP contribution in [-0.2, 0) is 32.7 Å². The number of allylic oxidation sites excluding steroid dienone is 2. The van der Waals surface area contributed by atoms with Crippen molar-refractivity contribution >= 4 is 19.8 Å². The highest BCUT2D eigenvalue weighted by molar-refractivity contribution is 7.47. The monoisotopic (exact) mass is 1030 g/mol. The van der Waals surface area contributed by atoms with E-state index in [1.807, 2.05) is 0 Å². The first-order valence-electron chi connectivity index (χ1n) is 31.2. The van der Waals surface area contributed by atoms with E-state index >= 15 is 0 Å². The molecule has 9 nitrogen and oxygen atoms in total. The maximum Gasteiger partial charge on any atom is 0.472 e. The van der Waals surface area contributed by atoms with Crippen LogP contribution in [0.3, 0.4) is 0 Å². The highest BCUT2D eigenvalue weighted by Crippen LogP contribution is 2.43. The maximum absolute atomic E-state index is 12.6. The van der Waals surface area contributed by atoms with Gasteiger partial charge in [-0.25, -0.2) is 4.57 Å². The smallest absolute Gasteiger partial charge is 0.462 e. The second-order valence-electron chi connectivity index (χ2n) is 21.3. The molecule has 0 aromatic carbocycles. The van der Waals surface area contributed by atoms with E-state index in [1.165, 1.54) is 250 Å². The van der Waals surface area contributed by atoms with Gasteiger partial charge in [-0.05, 0) is 38.5 Å². The zero-order valence-electron chi connectivity index (χ0n) is 47.2. The Labute approximate surface area is 440 Å². The number of phosphoric ester groups is 1. The van der Waals surface area contributed by atoms with Crippen molar-refractivity contribution in [2.24, 2.45) is 5.73 Å². The predicted octanol–water partition coefficient (Wildman–Crippen LogP) is 19.6. The van der Waals surface area contributed by atoms with Crippen molar-refractivity contribution in [1.82, 2.24) is 0 Å². The van der Waals surface area contributed by atoms with Crippen molar-refractivity contribution in [3.8, 4) is 0 Å². The molecule has 0 bridgehead atoms. The molecule has 0 aliphatic carbocycles. The third-order valence-electron chi connectivity index (χ3n) is 14.2. The SMILES string of the molecule is CCCCCC/C=C\CCCCCCCC(=O)OC(COC(=O)CCCCCCCCCCCCCCCCCCCCCCCCCCCCCCCCCCCCCCC)COP(=O)(O)OCCN. The molecule has 0 amide bonds. The lowest BCUT2D eigenvalue weighted by Gasteiger charge is -2.19. The van der Waals surface area contributed by atoms with Gasteiger partial charge in [0.15, 0.2) is 6.10 Å².